The van der Waals surface area contributed by atoms with E-state index in [1.807, 2.05) is 18.2 Å². The summed E-state index contributed by atoms with van der Waals surface area (Å²) in [6.07, 6.45) is 2.54. The van der Waals surface area contributed by atoms with E-state index in [9.17, 15) is 4.79 Å². The quantitative estimate of drug-likeness (QED) is 0.498. The predicted molar refractivity (Wildman–Crippen MR) is 132 cm³/mol. The van der Waals surface area contributed by atoms with Crippen LogP contribution in [0.3, 0.4) is 0 Å². The average Bonchev–Trinajstić information content (AvgIpc) is 2.88. The van der Waals surface area contributed by atoms with Crippen molar-refractivity contribution in [1.29, 1.82) is 0 Å². The van der Waals surface area contributed by atoms with Gasteiger partial charge in [0.25, 0.3) is 5.91 Å². The van der Waals surface area contributed by atoms with Crippen LogP contribution in [-0.2, 0) is 4.74 Å². The Bertz CT molecular complexity index is 952. The van der Waals surface area contributed by atoms with E-state index < -0.39 is 0 Å². The minimum absolute atomic E-state index is 0.100. The van der Waals surface area contributed by atoms with Gasteiger partial charge >= 0.3 is 0 Å². The van der Waals surface area contributed by atoms with E-state index in [0.717, 1.165) is 45.8 Å². The summed E-state index contributed by atoms with van der Waals surface area (Å²) in [5.74, 6) is 0.760. The molecule has 0 radical (unpaired) electrons. The lowest BCUT2D eigenvalue weighted by Crippen LogP contribution is -2.39. The molecule has 0 unspecified atom stereocenters. The van der Waals surface area contributed by atoms with Gasteiger partial charge in [0, 0.05) is 44.8 Å². The second-order valence-corrected chi connectivity index (χ2v) is 8.20. The highest BCUT2D eigenvalue weighted by molar-refractivity contribution is 5.98. The summed E-state index contributed by atoms with van der Waals surface area (Å²) in [6, 6.07) is 24.5. The lowest BCUT2D eigenvalue weighted by molar-refractivity contribution is 0.0398. The third-order valence-corrected chi connectivity index (χ3v) is 6.00. The normalized spacial score (nSPS) is 14.2. The maximum atomic E-state index is 13.0. The van der Waals surface area contributed by atoms with Gasteiger partial charge < -0.3 is 15.4 Å². The topological polar surface area (TPSA) is 66.5 Å². The van der Waals surface area contributed by atoms with Crippen LogP contribution < -0.4 is 10.6 Å². The molecule has 1 amide bonds. The van der Waals surface area contributed by atoms with Crippen LogP contribution in [0.15, 0.2) is 79.0 Å². The van der Waals surface area contributed by atoms with Crippen LogP contribution in [0.4, 0.5) is 5.82 Å². The van der Waals surface area contributed by atoms with Gasteiger partial charge in [-0.3, -0.25) is 9.69 Å². The number of anilines is 1. The average molecular weight is 445 g/mol. The molecule has 0 bridgehead atoms. The molecular weight excluding hydrogens is 412 g/mol. The third kappa shape index (κ3) is 6.63. The minimum atomic E-state index is -0.100. The first-order chi connectivity index (χ1) is 16.3. The number of ether oxygens (including phenoxy) is 1. The number of carbonyl (C=O) groups excluding carboxylic acids is 1. The zero-order valence-electron chi connectivity index (χ0n) is 19.0. The van der Waals surface area contributed by atoms with Crippen molar-refractivity contribution in [2.75, 3.05) is 51.3 Å². The fourth-order valence-electron chi connectivity index (χ4n) is 4.21. The van der Waals surface area contributed by atoms with Crippen molar-refractivity contribution in [2.24, 2.45) is 0 Å². The summed E-state index contributed by atoms with van der Waals surface area (Å²) < 4.78 is 5.40. The van der Waals surface area contributed by atoms with Gasteiger partial charge in [0.1, 0.15) is 5.82 Å². The van der Waals surface area contributed by atoms with Crippen molar-refractivity contribution in [1.82, 2.24) is 15.2 Å². The molecule has 0 saturated carbocycles. The second kappa shape index (κ2) is 12.1. The van der Waals surface area contributed by atoms with Gasteiger partial charge in [-0.25, -0.2) is 4.98 Å². The fourth-order valence-corrected chi connectivity index (χ4v) is 4.21. The molecule has 2 N–H and O–H groups in total. The Balaban J connectivity index is 1.34. The number of morpholine rings is 1. The summed E-state index contributed by atoms with van der Waals surface area (Å²) in [7, 11) is 0. The molecule has 1 fully saturated rings. The van der Waals surface area contributed by atoms with Gasteiger partial charge in [-0.05, 0) is 29.7 Å². The van der Waals surface area contributed by atoms with Crippen molar-refractivity contribution in [3.05, 3.63) is 95.7 Å². The molecular formula is C27H32N4O2. The molecule has 33 heavy (non-hydrogen) atoms. The second-order valence-electron chi connectivity index (χ2n) is 8.20. The van der Waals surface area contributed by atoms with Crippen LogP contribution in [-0.4, -0.2) is 61.7 Å². The summed E-state index contributed by atoms with van der Waals surface area (Å²) in [4.78, 5) is 19.7. The molecule has 2 aromatic carbocycles. The van der Waals surface area contributed by atoms with Crippen molar-refractivity contribution in [3.8, 4) is 0 Å². The molecule has 2 heterocycles. The van der Waals surface area contributed by atoms with E-state index in [1.54, 1.807) is 12.3 Å². The number of rotatable bonds is 10. The van der Waals surface area contributed by atoms with Crippen molar-refractivity contribution < 1.29 is 9.53 Å². The van der Waals surface area contributed by atoms with Crippen molar-refractivity contribution >= 4 is 11.7 Å². The lowest BCUT2D eigenvalue weighted by Gasteiger charge is -2.26. The molecule has 1 aliphatic rings. The lowest BCUT2D eigenvalue weighted by atomic mass is 9.88. The van der Waals surface area contributed by atoms with Gasteiger partial charge in [-0.1, -0.05) is 60.7 Å². The van der Waals surface area contributed by atoms with Gasteiger partial charge in [-0.15, -0.1) is 0 Å². The standard InChI is InChI=1S/C27H32N4O2/c32-27(25-12-7-14-28-26(25)29-16-17-31-18-20-33-21-19-31)30-15-13-24(22-8-3-1-4-9-22)23-10-5-2-6-11-23/h1-12,14,24H,13,15-21H2,(H,28,29)(H,30,32). The molecule has 3 aromatic rings. The summed E-state index contributed by atoms with van der Waals surface area (Å²) >= 11 is 0. The number of pyridine rings is 1. The molecule has 4 rings (SSSR count). The third-order valence-electron chi connectivity index (χ3n) is 6.00. The van der Waals surface area contributed by atoms with E-state index in [4.69, 9.17) is 4.74 Å². The summed E-state index contributed by atoms with van der Waals surface area (Å²) in [5, 5.41) is 6.44. The highest BCUT2D eigenvalue weighted by Crippen LogP contribution is 2.27. The Morgan fingerprint density at radius 1 is 0.909 bits per heavy atom. The van der Waals surface area contributed by atoms with Crippen LogP contribution in [0.5, 0.6) is 0 Å². The Morgan fingerprint density at radius 3 is 2.24 bits per heavy atom. The van der Waals surface area contributed by atoms with Crippen LogP contribution in [0, 0.1) is 0 Å². The highest BCUT2D eigenvalue weighted by atomic mass is 16.5. The number of benzene rings is 2. The molecule has 1 aliphatic heterocycles. The molecule has 1 aromatic heterocycles. The molecule has 0 spiro atoms. The zero-order valence-corrected chi connectivity index (χ0v) is 19.0. The molecule has 172 valence electrons. The number of amides is 1. The van der Waals surface area contributed by atoms with E-state index >= 15 is 0 Å². The number of nitrogens with one attached hydrogen (secondary N) is 2. The summed E-state index contributed by atoms with van der Waals surface area (Å²) in [5.41, 5.74) is 3.09. The van der Waals surface area contributed by atoms with Crippen molar-refractivity contribution in [2.45, 2.75) is 12.3 Å². The molecule has 6 heteroatoms. The Hall–Kier alpha value is -3.22. The first-order valence-corrected chi connectivity index (χ1v) is 11.7. The van der Waals surface area contributed by atoms with E-state index in [2.05, 4.69) is 69.0 Å². The number of hydrogen-bond acceptors (Lipinski definition) is 5. The number of nitrogens with zero attached hydrogens (tertiary/aromatic N) is 2. The molecule has 6 nitrogen and oxygen atoms in total. The smallest absolute Gasteiger partial charge is 0.255 e. The van der Waals surface area contributed by atoms with Gasteiger partial charge in [-0.2, -0.15) is 0 Å². The monoisotopic (exact) mass is 444 g/mol. The number of aromatic nitrogens is 1. The first kappa shape index (κ1) is 23.0. The van der Waals surface area contributed by atoms with E-state index in [1.165, 1.54) is 11.1 Å². The zero-order chi connectivity index (χ0) is 22.7. The molecule has 0 aliphatic carbocycles. The summed E-state index contributed by atoms with van der Waals surface area (Å²) in [6.45, 7) is 5.67. The van der Waals surface area contributed by atoms with Crippen LogP contribution in [0.2, 0.25) is 0 Å². The number of carbonyl (C=O) groups is 1. The number of hydrogen-bond donors (Lipinski definition) is 2. The van der Waals surface area contributed by atoms with Crippen LogP contribution in [0.25, 0.3) is 0 Å². The molecule has 0 atom stereocenters. The first-order valence-electron chi connectivity index (χ1n) is 11.7. The highest BCUT2D eigenvalue weighted by Gasteiger charge is 2.16. The maximum Gasteiger partial charge on any atom is 0.255 e. The maximum absolute atomic E-state index is 13.0. The Labute approximate surface area is 196 Å². The predicted octanol–water partition coefficient (Wildman–Crippen LogP) is 3.78. The SMILES string of the molecule is O=C(NCCC(c1ccccc1)c1ccccc1)c1cccnc1NCCN1CCOCC1. The van der Waals surface area contributed by atoms with Crippen LogP contribution in [0.1, 0.15) is 33.8 Å². The fraction of sp³-hybridized carbons (Fsp3) is 0.333. The Morgan fingerprint density at radius 2 is 1.58 bits per heavy atom. The van der Waals surface area contributed by atoms with E-state index in [-0.39, 0.29) is 11.8 Å². The van der Waals surface area contributed by atoms with Gasteiger partial charge in [0.2, 0.25) is 0 Å². The molecule has 1 saturated heterocycles. The van der Waals surface area contributed by atoms with Crippen molar-refractivity contribution in [3.63, 3.8) is 0 Å². The largest absolute Gasteiger partial charge is 0.379 e. The Kier molecular flexibility index (Phi) is 8.44. The van der Waals surface area contributed by atoms with E-state index in [0.29, 0.717) is 17.9 Å². The van der Waals surface area contributed by atoms with Crippen LogP contribution >= 0.6 is 0 Å². The van der Waals surface area contributed by atoms with Gasteiger partial charge in [0.05, 0.1) is 18.8 Å². The minimum Gasteiger partial charge on any atom is -0.379 e. The van der Waals surface area contributed by atoms with Gasteiger partial charge in [0.15, 0.2) is 0 Å².